The number of aromatic nitrogens is 1. The summed E-state index contributed by atoms with van der Waals surface area (Å²) in [5.41, 5.74) is 4.76. The van der Waals surface area contributed by atoms with Crippen molar-refractivity contribution in [3.05, 3.63) is 64.2 Å². The Morgan fingerprint density at radius 1 is 1.19 bits per heavy atom. The predicted molar refractivity (Wildman–Crippen MR) is 107 cm³/mol. The molecule has 27 heavy (non-hydrogen) atoms. The van der Waals surface area contributed by atoms with Gasteiger partial charge < -0.3 is 10.1 Å². The molecule has 1 aromatic heterocycles. The Morgan fingerprint density at radius 3 is 2.59 bits per heavy atom. The molecular formula is C21H19N3O2S. The van der Waals surface area contributed by atoms with Gasteiger partial charge in [-0.3, -0.25) is 4.79 Å². The molecule has 1 amide bonds. The lowest BCUT2D eigenvalue weighted by atomic mass is 10.1. The van der Waals surface area contributed by atoms with Gasteiger partial charge in [0.15, 0.2) is 6.61 Å². The van der Waals surface area contributed by atoms with Gasteiger partial charge in [-0.1, -0.05) is 23.8 Å². The first-order valence-corrected chi connectivity index (χ1v) is 9.26. The van der Waals surface area contributed by atoms with Crippen molar-refractivity contribution in [3.8, 4) is 22.4 Å². The van der Waals surface area contributed by atoms with Crippen LogP contribution in [-0.2, 0) is 0 Å². The highest BCUT2D eigenvalue weighted by Gasteiger charge is 2.17. The van der Waals surface area contributed by atoms with E-state index in [1.54, 1.807) is 24.3 Å². The molecule has 0 unspecified atom stereocenters. The lowest BCUT2D eigenvalue weighted by Crippen LogP contribution is -2.11. The minimum Gasteiger partial charge on any atom is -0.479 e. The molecule has 0 aliphatic heterocycles. The SMILES string of the molecule is Cc1ccc(-c2nc(C)c(C(=O)Nc3ccc(OCC#N)cc3)s2)c(C)c1. The average molecular weight is 377 g/mol. The van der Waals surface area contributed by atoms with Gasteiger partial charge in [0.1, 0.15) is 21.7 Å². The number of carbonyl (C=O) groups excluding carboxylic acids is 1. The summed E-state index contributed by atoms with van der Waals surface area (Å²) in [5.74, 6) is 0.396. The van der Waals surface area contributed by atoms with Crippen LogP contribution in [0.1, 0.15) is 26.5 Å². The Labute approximate surface area is 162 Å². The lowest BCUT2D eigenvalue weighted by molar-refractivity contribution is 0.103. The maximum Gasteiger partial charge on any atom is 0.267 e. The monoisotopic (exact) mass is 377 g/mol. The number of carbonyl (C=O) groups is 1. The Bertz CT molecular complexity index is 1020. The van der Waals surface area contributed by atoms with E-state index >= 15 is 0 Å². The van der Waals surface area contributed by atoms with Gasteiger partial charge >= 0.3 is 0 Å². The molecule has 0 spiro atoms. The summed E-state index contributed by atoms with van der Waals surface area (Å²) in [5, 5.41) is 12.3. The second kappa shape index (κ2) is 8.02. The number of hydrogen-bond donors (Lipinski definition) is 1. The number of anilines is 1. The smallest absolute Gasteiger partial charge is 0.267 e. The Hall–Kier alpha value is -3.17. The molecule has 0 radical (unpaired) electrons. The molecule has 3 rings (SSSR count). The van der Waals surface area contributed by atoms with Gasteiger partial charge in [-0.2, -0.15) is 5.26 Å². The minimum atomic E-state index is -0.188. The standard InChI is InChI=1S/C21H19N3O2S/c1-13-4-9-18(14(2)12-13)21-23-15(3)19(27-21)20(25)24-16-5-7-17(8-6-16)26-11-10-22/h4-9,12H,11H2,1-3H3,(H,24,25). The van der Waals surface area contributed by atoms with Gasteiger partial charge in [0, 0.05) is 11.3 Å². The van der Waals surface area contributed by atoms with Gasteiger partial charge in [0.2, 0.25) is 0 Å². The highest BCUT2D eigenvalue weighted by molar-refractivity contribution is 7.17. The zero-order valence-electron chi connectivity index (χ0n) is 15.4. The fraction of sp³-hybridized carbons (Fsp3) is 0.190. The van der Waals surface area contributed by atoms with Crippen molar-refractivity contribution in [3.63, 3.8) is 0 Å². The van der Waals surface area contributed by atoms with Crippen LogP contribution in [-0.4, -0.2) is 17.5 Å². The first kappa shape index (κ1) is 18.6. The Morgan fingerprint density at radius 2 is 1.93 bits per heavy atom. The quantitative estimate of drug-likeness (QED) is 0.687. The number of aryl methyl sites for hydroxylation is 3. The topological polar surface area (TPSA) is 75.0 Å². The number of nitriles is 1. The second-order valence-electron chi connectivity index (χ2n) is 6.18. The maximum absolute atomic E-state index is 12.7. The van der Waals surface area contributed by atoms with Crippen LogP contribution < -0.4 is 10.1 Å². The Kier molecular flexibility index (Phi) is 5.53. The van der Waals surface area contributed by atoms with Crippen molar-refractivity contribution in [2.45, 2.75) is 20.8 Å². The zero-order valence-corrected chi connectivity index (χ0v) is 16.2. The van der Waals surface area contributed by atoms with E-state index in [2.05, 4.69) is 36.3 Å². The third-order valence-corrected chi connectivity index (χ3v) is 5.22. The van der Waals surface area contributed by atoms with Crippen molar-refractivity contribution in [1.29, 1.82) is 5.26 Å². The summed E-state index contributed by atoms with van der Waals surface area (Å²) in [6.07, 6.45) is 0. The summed E-state index contributed by atoms with van der Waals surface area (Å²) >= 11 is 1.39. The highest BCUT2D eigenvalue weighted by Crippen LogP contribution is 2.31. The van der Waals surface area contributed by atoms with E-state index in [9.17, 15) is 4.79 Å². The first-order chi connectivity index (χ1) is 13.0. The van der Waals surface area contributed by atoms with Gasteiger partial charge in [-0.15, -0.1) is 11.3 Å². The summed E-state index contributed by atoms with van der Waals surface area (Å²) in [6.45, 7) is 5.94. The van der Waals surface area contributed by atoms with E-state index in [1.165, 1.54) is 16.9 Å². The summed E-state index contributed by atoms with van der Waals surface area (Å²) in [6, 6.07) is 15.0. The third kappa shape index (κ3) is 4.33. The molecule has 1 heterocycles. The summed E-state index contributed by atoms with van der Waals surface area (Å²) in [7, 11) is 0. The van der Waals surface area contributed by atoms with Crippen molar-refractivity contribution >= 4 is 22.9 Å². The second-order valence-corrected chi connectivity index (χ2v) is 7.18. The fourth-order valence-electron chi connectivity index (χ4n) is 2.71. The molecule has 1 N–H and O–H groups in total. The molecule has 136 valence electrons. The normalized spacial score (nSPS) is 10.3. The average Bonchev–Trinajstić information content (AvgIpc) is 3.02. The van der Waals surface area contributed by atoms with E-state index in [1.807, 2.05) is 19.1 Å². The van der Waals surface area contributed by atoms with Crippen molar-refractivity contribution < 1.29 is 9.53 Å². The van der Waals surface area contributed by atoms with E-state index in [0.717, 1.165) is 16.1 Å². The maximum atomic E-state index is 12.7. The zero-order chi connectivity index (χ0) is 19.4. The molecule has 0 saturated carbocycles. The summed E-state index contributed by atoms with van der Waals surface area (Å²) < 4.78 is 5.21. The van der Waals surface area contributed by atoms with Crippen LogP contribution in [0, 0.1) is 32.1 Å². The van der Waals surface area contributed by atoms with E-state index < -0.39 is 0 Å². The third-order valence-electron chi connectivity index (χ3n) is 4.03. The van der Waals surface area contributed by atoms with Crippen LogP contribution in [0.15, 0.2) is 42.5 Å². The minimum absolute atomic E-state index is 0.00697. The molecule has 0 bridgehead atoms. The van der Waals surface area contributed by atoms with Gasteiger partial charge in [0.05, 0.1) is 5.69 Å². The molecule has 6 heteroatoms. The molecule has 0 atom stereocenters. The van der Waals surface area contributed by atoms with Crippen LogP contribution in [0.4, 0.5) is 5.69 Å². The van der Waals surface area contributed by atoms with Crippen molar-refractivity contribution in [2.75, 3.05) is 11.9 Å². The number of rotatable bonds is 5. The number of benzene rings is 2. The Balaban J connectivity index is 1.77. The molecule has 3 aromatic rings. The van der Waals surface area contributed by atoms with E-state index in [4.69, 9.17) is 10.00 Å². The summed E-state index contributed by atoms with van der Waals surface area (Å²) in [4.78, 5) is 17.8. The number of nitrogens with zero attached hydrogens (tertiary/aromatic N) is 2. The number of hydrogen-bond acceptors (Lipinski definition) is 5. The number of thiazole rings is 1. The van der Waals surface area contributed by atoms with Gasteiger partial charge in [-0.25, -0.2) is 4.98 Å². The molecule has 0 fully saturated rings. The predicted octanol–water partition coefficient (Wildman–Crippen LogP) is 4.89. The molecule has 2 aromatic carbocycles. The molecule has 0 aliphatic rings. The van der Waals surface area contributed by atoms with E-state index in [-0.39, 0.29) is 12.5 Å². The number of nitrogens with one attached hydrogen (secondary N) is 1. The largest absolute Gasteiger partial charge is 0.479 e. The first-order valence-electron chi connectivity index (χ1n) is 8.44. The molecule has 5 nitrogen and oxygen atoms in total. The van der Waals surface area contributed by atoms with Gasteiger partial charge in [0.25, 0.3) is 5.91 Å². The van der Waals surface area contributed by atoms with Crippen LogP contribution >= 0.6 is 11.3 Å². The number of ether oxygens (including phenoxy) is 1. The van der Waals surface area contributed by atoms with Crippen LogP contribution in [0.5, 0.6) is 5.75 Å². The van der Waals surface area contributed by atoms with Crippen molar-refractivity contribution in [1.82, 2.24) is 4.98 Å². The van der Waals surface area contributed by atoms with Crippen LogP contribution in [0.3, 0.4) is 0 Å². The van der Waals surface area contributed by atoms with Crippen LogP contribution in [0.25, 0.3) is 10.6 Å². The van der Waals surface area contributed by atoms with E-state index in [0.29, 0.717) is 22.0 Å². The highest BCUT2D eigenvalue weighted by atomic mass is 32.1. The molecule has 0 saturated heterocycles. The lowest BCUT2D eigenvalue weighted by Gasteiger charge is -2.06. The van der Waals surface area contributed by atoms with Gasteiger partial charge in [-0.05, 0) is 50.6 Å². The fourth-order valence-corrected chi connectivity index (χ4v) is 3.77. The molecule has 0 aliphatic carbocycles. The number of amides is 1. The van der Waals surface area contributed by atoms with Crippen LogP contribution in [0.2, 0.25) is 0 Å². The van der Waals surface area contributed by atoms with Crippen molar-refractivity contribution in [2.24, 2.45) is 0 Å². The molecular weight excluding hydrogens is 358 g/mol.